The zero-order valence-corrected chi connectivity index (χ0v) is 17.4. The molecule has 28 heavy (non-hydrogen) atoms. The largest absolute Gasteiger partial charge is 0.374 e. The molecule has 1 aliphatic rings. The van der Waals surface area contributed by atoms with Crippen LogP contribution < -0.4 is 4.90 Å². The fraction of sp³-hybridized carbons (Fsp3) is 0.458. The predicted octanol–water partition coefficient (Wildman–Crippen LogP) is 4.20. The number of carbonyl (C=O) groups is 1. The van der Waals surface area contributed by atoms with Crippen LogP contribution in [-0.4, -0.2) is 43.2 Å². The molecule has 0 bridgehead atoms. The molecule has 3 rings (SSSR count). The minimum Gasteiger partial charge on any atom is -0.374 e. The first-order chi connectivity index (χ1) is 13.6. The Morgan fingerprint density at radius 1 is 1.21 bits per heavy atom. The third kappa shape index (κ3) is 5.43. The number of aryl methyl sites for hydroxylation is 2. The highest BCUT2D eigenvalue weighted by molar-refractivity contribution is 5.92. The second-order valence-corrected chi connectivity index (χ2v) is 7.73. The van der Waals surface area contributed by atoms with Crippen LogP contribution in [0.25, 0.3) is 0 Å². The maximum absolute atomic E-state index is 12.5. The number of rotatable bonds is 7. The van der Waals surface area contributed by atoms with Crippen molar-refractivity contribution in [3.63, 3.8) is 0 Å². The normalized spacial score (nSPS) is 17.5. The van der Waals surface area contributed by atoms with Crippen LogP contribution in [0.2, 0.25) is 0 Å². The molecule has 1 heterocycles. The van der Waals surface area contributed by atoms with E-state index in [4.69, 9.17) is 4.74 Å². The minimum absolute atomic E-state index is 0.0251. The summed E-state index contributed by atoms with van der Waals surface area (Å²) in [5.74, 6) is 0.0741. The summed E-state index contributed by atoms with van der Waals surface area (Å²) in [7, 11) is 0. The highest BCUT2D eigenvalue weighted by Crippen LogP contribution is 2.25. The highest BCUT2D eigenvalue weighted by Gasteiger charge is 2.25. The summed E-state index contributed by atoms with van der Waals surface area (Å²) in [5, 5.41) is 0. The molecule has 1 fully saturated rings. The molecular formula is C24H32N2O2. The van der Waals surface area contributed by atoms with Gasteiger partial charge in [-0.05, 0) is 30.5 Å². The lowest BCUT2D eigenvalue weighted by Crippen LogP contribution is -2.48. The van der Waals surface area contributed by atoms with E-state index in [-0.39, 0.29) is 12.0 Å². The van der Waals surface area contributed by atoms with Gasteiger partial charge in [0.2, 0.25) is 5.91 Å². The number of morpholine rings is 1. The maximum Gasteiger partial charge on any atom is 0.223 e. The van der Waals surface area contributed by atoms with Gasteiger partial charge in [-0.3, -0.25) is 9.69 Å². The van der Waals surface area contributed by atoms with E-state index in [1.54, 1.807) is 6.92 Å². The third-order valence-electron chi connectivity index (χ3n) is 5.28. The van der Waals surface area contributed by atoms with Gasteiger partial charge < -0.3 is 9.64 Å². The Hall–Kier alpha value is -2.17. The number of hydrogen-bond acceptors (Lipinski definition) is 3. The molecule has 1 amide bonds. The maximum atomic E-state index is 12.5. The molecule has 4 heteroatoms. The van der Waals surface area contributed by atoms with Crippen LogP contribution >= 0.6 is 0 Å². The number of carbonyl (C=O) groups excluding carboxylic acids is 1. The number of ether oxygens (including phenoxy) is 1. The second kappa shape index (κ2) is 9.85. The van der Waals surface area contributed by atoms with Crippen molar-refractivity contribution in [1.82, 2.24) is 4.90 Å². The van der Waals surface area contributed by atoms with E-state index in [1.165, 1.54) is 16.7 Å². The summed E-state index contributed by atoms with van der Waals surface area (Å²) in [6.45, 7) is 9.93. The van der Waals surface area contributed by atoms with Gasteiger partial charge in [0.05, 0.1) is 19.3 Å². The molecule has 0 saturated carbocycles. The van der Waals surface area contributed by atoms with Gasteiger partial charge in [-0.25, -0.2) is 0 Å². The Morgan fingerprint density at radius 3 is 2.71 bits per heavy atom. The first-order valence-electron chi connectivity index (χ1n) is 10.3. The molecule has 1 unspecified atom stereocenters. The highest BCUT2D eigenvalue weighted by atomic mass is 16.5. The molecule has 0 aromatic heterocycles. The molecule has 150 valence electrons. The van der Waals surface area contributed by atoms with Gasteiger partial charge in [-0.2, -0.15) is 0 Å². The quantitative estimate of drug-likeness (QED) is 0.722. The number of amides is 1. The number of nitrogens with zero attached hydrogens (tertiary/aromatic N) is 2. The van der Waals surface area contributed by atoms with Crippen molar-refractivity contribution in [1.29, 1.82) is 0 Å². The SMILES string of the molecule is CCCc1cc(C)ccc1N(CC1CN(Cc2ccccc2)CCO1)C(C)=O. The van der Waals surface area contributed by atoms with E-state index in [9.17, 15) is 4.79 Å². The molecule has 0 spiro atoms. The lowest BCUT2D eigenvalue weighted by Gasteiger charge is -2.36. The van der Waals surface area contributed by atoms with E-state index >= 15 is 0 Å². The van der Waals surface area contributed by atoms with Crippen LogP contribution in [-0.2, 0) is 22.5 Å². The lowest BCUT2D eigenvalue weighted by molar-refractivity contribution is -0.117. The molecule has 4 nitrogen and oxygen atoms in total. The van der Waals surface area contributed by atoms with Gasteiger partial charge in [0.15, 0.2) is 0 Å². The fourth-order valence-electron chi connectivity index (χ4n) is 3.92. The van der Waals surface area contributed by atoms with Crippen LogP contribution in [0.1, 0.15) is 37.0 Å². The van der Waals surface area contributed by atoms with Crippen LogP contribution in [0.15, 0.2) is 48.5 Å². The Labute approximate surface area is 169 Å². The Kier molecular flexibility index (Phi) is 7.24. The molecule has 1 aliphatic heterocycles. The van der Waals surface area contributed by atoms with Gasteiger partial charge in [-0.1, -0.05) is 61.4 Å². The van der Waals surface area contributed by atoms with E-state index in [1.807, 2.05) is 11.0 Å². The zero-order chi connectivity index (χ0) is 19.9. The van der Waals surface area contributed by atoms with Gasteiger partial charge in [-0.15, -0.1) is 0 Å². The molecule has 2 aromatic carbocycles. The Balaban J connectivity index is 1.71. The molecule has 0 aliphatic carbocycles. The van der Waals surface area contributed by atoms with Crippen LogP contribution in [0, 0.1) is 6.92 Å². The fourth-order valence-corrected chi connectivity index (χ4v) is 3.92. The topological polar surface area (TPSA) is 32.8 Å². The summed E-state index contributed by atoms with van der Waals surface area (Å²) in [6, 6.07) is 16.9. The minimum atomic E-state index is 0.0251. The second-order valence-electron chi connectivity index (χ2n) is 7.73. The first kappa shape index (κ1) is 20.6. The van der Waals surface area contributed by atoms with Crippen molar-refractivity contribution < 1.29 is 9.53 Å². The van der Waals surface area contributed by atoms with Crippen LogP contribution in [0.5, 0.6) is 0 Å². The molecule has 1 saturated heterocycles. The Bertz CT molecular complexity index is 775. The van der Waals surface area contributed by atoms with E-state index < -0.39 is 0 Å². The molecular weight excluding hydrogens is 348 g/mol. The van der Waals surface area contributed by atoms with E-state index in [0.29, 0.717) is 13.2 Å². The van der Waals surface area contributed by atoms with Crippen molar-refractivity contribution in [2.75, 3.05) is 31.1 Å². The summed E-state index contributed by atoms with van der Waals surface area (Å²) in [4.78, 5) is 16.8. The van der Waals surface area contributed by atoms with Gasteiger partial charge in [0.25, 0.3) is 0 Å². The van der Waals surface area contributed by atoms with Crippen molar-refractivity contribution in [2.24, 2.45) is 0 Å². The average molecular weight is 381 g/mol. The van der Waals surface area contributed by atoms with Crippen molar-refractivity contribution in [3.05, 3.63) is 65.2 Å². The van der Waals surface area contributed by atoms with Gasteiger partial charge in [0, 0.05) is 32.2 Å². The van der Waals surface area contributed by atoms with Crippen molar-refractivity contribution in [3.8, 4) is 0 Å². The Morgan fingerprint density at radius 2 is 2.00 bits per heavy atom. The summed E-state index contributed by atoms with van der Waals surface area (Å²) in [5.41, 5.74) is 4.83. The number of benzene rings is 2. The number of hydrogen-bond donors (Lipinski definition) is 0. The molecule has 0 N–H and O–H groups in total. The van der Waals surface area contributed by atoms with Gasteiger partial charge >= 0.3 is 0 Å². The molecule has 0 radical (unpaired) electrons. The predicted molar refractivity (Wildman–Crippen MR) is 115 cm³/mol. The monoisotopic (exact) mass is 380 g/mol. The van der Waals surface area contributed by atoms with Crippen molar-refractivity contribution in [2.45, 2.75) is 46.3 Å². The lowest BCUT2D eigenvalue weighted by atomic mass is 10.0. The first-order valence-corrected chi connectivity index (χ1v) is 10.3. The summed E-state index contributed by atoms with van der Waals surface area (Å²) < 4.78 is 6.04. The standard InChI is InChI=1S/C24H32N2O2/c1-4-8-22-15-19(2)11-12-24(22)26(20(3)27)18-23-17-25(13-14-28-23)16-21-9-6-5-7-10-21/h5-7,9-12,15,23H,4,8,13-14,16-18H2,1-3H3. The molecule has 1 atom stereocenters. The van der Waals surface area contributed by atoms with Crippen molar-refractivity contribution >= 4 is 11.6 Å². The summed E-state index contributed by atoms with van der Waals surface area (Å²) in [6.07, 6.45) is 2.07. The third-order valence-corrected chi connectivity index (χ3v) is 5.28. The molecule has 2 aromatic rings. The van der Waals surface area contributed by atoms with Gasteiger partial charge in [0.1, 0.15) is 0 Å². The van der Waals surface area contributed by atoms with Crippen LogP contribution in [0.4, 0.5) is 5.69 Å². The zero-order valence-electron chi connectivity index (χ0n) is 17.4. The summed E-state index contributed by atoms with van der Waals surface area (Å²) >= 11 is 0. The number of anilines is 1. The van der Waals surface area contributed by atoms with Crippen LogP contribution in [0.3, 0.4) is 0 Å². The van der Waals surface area contributed by atoms with E-state index in [2.05, 4.69) is 61.2 Å². The smallest absolute Gasteiger partial charge is 0.223 e. The van der Waals surface area contributed by atoms with E-state index in [0.717, 1.165) is 38.2 Å². The average Bonchev–Trinajstić information content (AvgIpc) is 2.68.